The topological polar surface area (TPSA) is 117 Å². The number of nitro benzene ring substituents is 1. The van der Waals surface area contributed by atoms with E-state index in [0.29, 0.717) is 16.9 Å². The Morgan fingerprint density at radius 3 is 2.52 bits per heavy atom. The second kappa shape index (κ2) is 6.32. The van der Waals surface area contributed by atoms with Gasteiger partial charge in [-0.2, -0.15) is 8.42 Å². The number of hydrogen-bond acceptors (Lipinski definition) is 7. The van der Waals surface area contributed by atoms with Crippen LogP contribution >= 0.6 is 0 Å². The molecule has 0 fully saturated rings. The number of non-ortho nitro benzene ring substituents is 1. The Hall–Kier alpha value is -3.27. The van der Waals surface area contributed by atoms with Gasteiger partial charge in [-0.25, -0.2) is 4.68 Å². The third kappa shape index (κ3) is 3.98. The van der Waals surface area contributed by atoms with Crippen molar-refractivity contribution in [3.05, 3.63) is 64.8 Å². The van der Waals surface area contributed by atoms with E-state index in [1.54, 1.807) is 30.5 Å². The SMILES string of the molecule is CS(=O)(=O)Oc1ccc(-c2cn(-c3cccc([N+](=O)[O-])c3)nn2)cc1. The first-order valence-corrected chi connectivity index (χ1v) is 8.80. The molecule has 1 aromatic heterocycles. The van der Waals surface area contributed by atoms with Crippen molar-refractivity contribution < 1.29 is 17.5 Å². The van der Waals surface area contributed by atoms with Crippen LogP contribution in [0.15, 0.2) is 54.7 Å². The Kier molecular flexibility index (Phi) is 4.19. The first-order valence-electron chi connectivity index (χ1n) is 6.99. The molecule has 10 heteroatoms. The minimum Gasteiger partial charge on any atom is -0.383 e. The predicted molar refractivity (Wildman–Crippen MR) is 88.9 cm³/mol. The van der Waals surface area contributed by atoms with Gasteiger partial charge in [0.1, 0.15) is 11.4 Å². The summed E-state index contributed by atoms with van der Waals surface area (Å²) < 4.78 is 28.4. The fraction of sp³-hybridized carbons (Fsp3) is 0.0667. The molecule has 128 valence electrons. The molecule has 0 aliphatic carbocycles. The fourth-order valence-corrected chi connectivity index (χ4v) is 2.59. The van der Waals surface area contributed by atoms with Gasteiger partial charge in [0.15, 0.2) is 0 Å². The summed E-state index contributed by atoms with van der Waals surface area (Å²) in [6, 6.07) is 12.3. The Morgan fingerprint density at radius 2 is 1.88 bits per heavy atom. The highest BCUT2D eigenvalue weighted by Crippen LogP contribution is 2.23. The predicted octanol–water partition coefficient (Wildman–Crippen LogP) is 2.18. The van der Waals surface area contributed by atoms with Crippen molar-refractivity contribution in [1.29, 1.82) is 0 Å². The van der Waals surface area contributed by atoms with Crippen molar-refractivity contribution in [3.63, 3.8) is 0 Å². The summed E-state index contributed by atoms with van der Waals surface area (Å²) in [4.78, 5) is 10.4. The van der Waals surface area contributed by atoms with E-state index in [0.717, 1.165) is 6.26 Å². The molecule has 0 spiro atoms. The summed E-state index contributed by atoms with van der Waals surface area (Å²) >= 11 is 0. The Balaban J connectivity index is 1.86. The molecule has 0 aliphatic heterocycles. The van der Waals surface area contributed by atoms with Crippen LogP contribution in [0, 0.1) is 10.1 Å². The molecule has 0 atom stereocenters. The molecule has 3 rings (SSSR count). The summed E-state index contributed by atoms with van der Waals surface area (Å²) in [5.41, 5.74) is 1.68. The molecule has 0 unspecified atom stereocenters. The highest BCUT2D eigenvalue weighted by Gasteiger charge is 2.10. The van der Waals surface area contributed by atoms with Crippen molar-refractivity contribution in [2.45, 2.75) is 0 Å². The maximum Gasteiger partial charge on any atom is 0.306 e. The van der Waals surface area contributed by atoms with Crippen LogP contribution in [0.3, 0.4) is 0 Å². The molecule has 3 aromatic rings. The van der Waals surface area contributed by atoms with Gasteiger partial charge in [0.25, 0.3) is 5.69 Å². The zero-order valence-electron chi connectivity index (χ0n) is 12.9. The summed E-state index contributed by atoms with van der Waals surface area (Å²) in [5.74, 6) is 0.192. The van der Waals surface area contributed by atoms with Crippen molar-refractivity contribution in [2.75, 3.05) is 6.26 Å². The van der Waals surface area contributed by atoms with Gasteiger partial charge in [-0.15, -0.1) is 5.10 Å². The summed E-state index contributed by atoms with van der Waals surface area (Å²) in [5, 5.41) is 18.8. The minimum absolute atomic E-state index is 0.0446. The quantitative estimate of drug-likeness (QED) is 0.389. The van der Waals surface area contributed by atoms with Crippen molar-refractivity contribution in [2.24, 2.45) is 0 Å². The van der Waals surface area contributed by atoms with Crippen LogP contribution in [0.25, 0.3) is 16.9 Å². The maximum atomic E-state index is 11.1. The highest BCUT2D eigenvalue weighted by molar-refractivity contribution is 7.86. The average molecular weight is 360 g/mol. The number of hydrogen-bond donors (Lipinski definition) is 0. The van der Waals surface area contributed by atoms with Crippen LogP contribution in [-0.4, -0.2) is 34.6 Å². The van der Waals surface area contributed by atoms with E-state index in [1.807, 2.05) is 0 Å². The second-order valence-corrected chi connectivity index (χ2v) is 6.71. The average Bonchev–Trinajstić information content (AvgIpc) is 3.04. The maximum absolute atomic E-state index is 11.1. The molecule has 9 nitrogen and oxygen atoms in total. The van der Waals surface area contributed by atoms with E-state index in [1.165, 1.54) is 28.9 Å². The van der Waals surface area contributed by atoms with Crippen LogP contribution < -0.4 is 4.18 Å². The van der Waals surface area contributed by atoms with Crippen molar-refractivity contribution >= 4 is 15.8 Å². The molecule has 0 aliphatic rings. The molecular formula is C15H12N4O5S. The zero-order chi connectivity index (χ0) is 18.0. The van der Waals surface area contributed by atoms with E-state index in [9.17, 15) is 18.5 Å². The van der Waals surface area contributed by atoms with Gasteiger partial charge >= 0.3 is 10.1 Å². The molecule has 0 saturated heterocycles. The van der Waals surface area contributed by atoms with Crippen LogP contribution in [0.1, 0.15) is 0 Å². The molecular weight excluding hydrogens is 348 g/mol. The number of rotatable bonds is 5. The smallest absolute Gasteiger partial charge is 0.306 e. The van der Waals surface area contributed by atoms with Crippen molar-refractivity contribution in [1.82, 2.24) is 15.0 Å². The van der Waals surface area contributed by atoms with Gasteiger partial charge in [0.05, 0.1) is 23.1 Å². The monoisotopic (exact) mass is 360 g/mol. The Morgan fingerprint density at radius 1 is 1.16 bits per heavy atom. The number of nitrogens with zero attached hydrogens (tertiary/aromatic N) is 4. The standard InChI is InChI=1S/C15H12N4O5S/c1-25(22,23)24-14-7-5-11(6-8-14)15-10-18(17-16-15)12-3-2-4-13(9-12)19(20)21/h2-10H,1H3. The van der Waals surface area contributed by atoms with E-state index in [4.69, 9.17) is 4.18 Å². The fourth-order valence-electron chi connectivity index (χ4n) is 2.13. The summed E-state index contributed by atoms with van der Waals surface area (Å²) in [6.07, 6.45) is 2.58. The Bertz CT molecular complexity index is 1030. The van der Waals surface area contributed by atoms with Gasteiger partial charge in [-0.3, -0.25) is 10.1 Å². The van der Waals surface area contributed by atoms with E-state index >= 15 is 0 Å². The lowest BCUT2D eigenvalue weighted by Gasteiger charge is -2.03. The summed E-state index contributed by atoms with van der Waals surface area (Å²) in [7, 11) is -3.58. The number of benzene rings is 2. The molecule has 0 amide bonds. The second-order valence-electron chi connectivity index (χ2n) is 5.14. The third-order valence-corrected chi connectivity index (χ3v) is 3.69. The highest BCUT2D eigenvalue weighted by atomic mass is 32.2. The molecule has 0 radical (unpaired) electrons. The van der Waals surface area contributed by atoms with Gasteiger partial charge in [-0.05, 0) is 30.3 Å². The number of aromatic nitrogens is 3. The number of nitro groups is 1. The van der Waals surface area contributed by atoms with Crippen LogP contribution in [-0.2, 0) is 10.1 Å². The largest absolute Gasteiger partial charge is 0.383 e. The molecule has 0 N–H and O–H groups in total. The van der Waals surface area contributed by atoms with Gasteiger partial charge in [-0.1, -0.05) is 11.3 Å². The lowest BCUT2D eigenvalue weighted by atomic mass is 10.2. The van der Waals surface area contributed by atoms with Crippen LogP contribution in [0.4, 0.5) is 5.69 Å². The van der Waals surface area contributed by atoms with Gasteiger partial charge in [0.2, 0.25) is 0 Å². The third-order valence-electron chi connectivity index (χ3n) is 3.20. The molecule has 25 heavy (non-hydrogen) atoms. The normalized spacial score (nSPS) is 11.2. The van der Waals surface area contributed by atoms with E-state index in [-0.39, 0.29) is 11.4 Å². The van der Waals surface area contributed by atoms with Crippen molar-refractivity contribution in [3.8, 4) is 22.7 Å². The van der Waals surface area contributed by atoms with Gasteiger partial charge in [0, 0.05) is 17.7 Å². The first kappa shape index (κ1) is 16.6. The van der Waals surface area contributed by atoms with Crippen LogP contribution in [0.5, 0.6) is 5.75 Å². The van der Waals surface area contributed by atoms with E-state index < -0.39 is 15.0 Å². The molecule has 1 heterocycles. The minimum atomic E-state index is -3.58. The lowest BCUT2D eigenvalue weighted by molar-refractivity contribution is -0.384. The van der Waals surface area contributed by atoms with Gasteiger partial charge < -0.3 is 4.18 Å². The Labute approximate surface area is 142 Å². The van der Waals surface area contributed by atoms with E-state index in [2.05, 4.69) is 10.3 Å². The van der Waals surface area contributed by atoms with Crippen LogP contribution in [0.2, 0.25) is 0 Å². The molecule has 0 saturated carbocycles. The molecule has 0 bridgehead atoms. The zero-order valence-corrected chi connectivity index (χ0v) is 13.8. The molecule has 2 aromatic carbocycles. The summed E-state index contributed by atoms with van der Waals surface area (Å²) in [6.45, 7) is 0. The lowest BCUT2D eigenvalue weighted by Crippen LogP contribution is -2.05. The first-order chi connectivity index (χ1) is 11.8.